The molecule has 2 heterocycles. The standard InChI is InChI=1S/C17H23N3O3/c1-11-10-19(15(21)13-8-17(13,2)3)6-7-20(11)14-5-4-12(9-18-14)16(22)23/h4-5,9,11,13H,6-8,10H2,1-3H3,(H,22,23)/t11-,13?/m1/s1. The highest BCUT2D eigenvalue weighted by atomic mass is 16.4. The van der Waals surface area contributed by atoms with Gasteiger partial charge in [-0.25, -0.2) is 9.78 Å². The zero-order chi connectivity index (χ0) is 16.8. The van der Waals surface area contributed by atoms with E-state index in [1.165, 1.54) is 6.20 Å². The maximum atomic E-state index is 12.5. The van der Waals surface area contributed by atoms with E-state index in [1.807, 2.05) is 4.90 Å². The van der Waals surface area contributed by atoms with Gasteiger partial charge in [-0.15, -0.1) is 0 Å². The second kappa shape index (κ2) is 5.51. The molecule has 0 radical (unpaired) electrons. The molecule has 1 N–H and O–H groups in total. The number of carbonyl (C=O) groups is 2. The molecule has 1 amide bonds. The number of aromatic carboxylic acids is 1. The molecule has 23 heavy (non-hydrogen) atoms. The lowest BCUT2D eigenvalue weighted by molar-refractivity contribution is -0.134. The molecule has 1 aromatic rings. The number of pyridine rings is 1. The van der Waals surface area contributed by atoms with Gasteiger partial charge in [0.1, 0.15) is 5.82 Å². The fraction of sp³-hybridized carbons (Fsp3) is 0.588. The van der Waals surface area contributed by atoms with Gasteiger partial charge in [-0.1, -0.05) is 13.8 Å². The van der Waals surface area contributed by atoms with Crippen LogP contribution >= 0.6 is 0 Å². The predicted octanol–water partition coefficient (Wildman–Crippen LogP) is 1.86. The molecule has 1 aliphatic carbocycles. The maximum absolute atomic E-state index is 12.5. The summed E-state index contributed by atoms with van der Waals surface area (Å²) in [7, 11) is 0. The van der Waals surface area contributed by atoms with Crippen molar-refractivity contribution in [1.82, 2.24) is 9.88 Å². The lowest BCUT2D eigenvalue weighted by Gasteiger charge is -2.40. The minimum atomic E-state index is -0.973. The number of piperazine rings is 1. The summed E-state index contributed by atoms with van der Waals surface area (Å²) in [6.07, 6.45) is 2.37. The van der Waals surface area contributed by atoms with Crippen LogP contribution in [-0.4, -0.2) is 52.5 Å². The Morgan fingerprint density at radius 2 is 2.00 bits per heavy atom. The number of carboxylic acid groups (broad SMARTS) is 1. The number of nitrogens with zero attached hydrogens (tertiary/aromatic N) is 3. The van der Waals surface area contributed by atoms with Gasteiger partial charge in [0.05, 0.1) is 5.56 Å². The van der Waals surface area contributed by atoms with Gasteiger partial charge in [-0.3, -0.25) is 4.79 Å². The number of carbonyl (C=O) groups excluding carboxylic acids is 1. The number of carboxylic acids is 1. The summed E-state index contributed by atoms with van der Waals surface area (Å²) in [5.41, 5.74) is 0.345. The number of anilines is 1. The summed E-state index contributed by atoms with van der Waals surface area (Å²) < 4.78 is 0. The second-order valence-electron chi connectivity index (χ2n) is 7.28. The third kappa shape index (κ3) is 3.02. The van der Waals surface area contributed by atoms with Crippen molar-refractivity contribution in [3.63, 3.8) is 0 Å². The summed E-state index contributed by atoms with van der Waals surface area (Å²) in [4.78, 5) is 31.8. The molecule has 6 heteroatoms. The van der Waals surface area contributed by atoms with Crippen molar-refractivity contribution in [2.45, 2.75) is 33.2 Å². The monoisotopic (exact) mass is 317 g/mol. The lowest BCUT2D eigenvalue weighted by Crippen LogP contribution is -2.54. The lowest BCUT2D eigenvalue weighted by atomic mass is 10.1. The predicted molar refractivity (Wildman–Crippen MR) is 86.5 cm³/mol. The number of aromatic nitrogens is 1. The minimum Gasteiger partial charge on any atom is -0.478 e. The third-order valence-corrected chi connectivity index (χ3v) is 5.04. The van der Waals surface area contributed by atoms with E-state index >= 15 is 0 Å². The van der Waals surface area contributed by atoms with E-state index < -0.39 is 5.97 Å². The Hall–Kier alpha value is -2.11. The fourth-order valence-corrected chi connectivity index (χ4v) is 3.29. The Bertz CT molecular complexity index is 626. The average Bonchev–Trinajstić information content (AvgIpc) is 3.15. The Balaban J connectivity index is 1.64. The molecule has 1 saturated heterocycles. The highest BCUT2D eigenvalue weighted by Crippen LogP contribution is 2.52. The summed E-state index contributed by atoms with van der Waals surface area (Å²) >= 11 is 0. The topological polar surface area (TPSA) is 73.7 Å². The quantitative estimate of drug-likeness (QED) is 0.921. The van der Waals surface area contributed by atoms with E-state index in [1.54, 1.807) is 12.1 Å². The summed E-state index contributed by atoms with van der Waals surface area (Å²) in [6, 6.07) is 3.47. The molecule has 0 bridgehead atoms. The Labute approximate surface area is 136 Å². The minimum absolute atomic E-state index is 0.158. The normalized spacial score (nSPS) is 26.0. The molecule has 2 atom stereocenters. The van der Waals surface area contributed by atoms with Crippen LogP contribution in [0.15, 0.2) is 18.3 Å². The summed E-state index contributed by atoms with van der Waals surface area (Å²) in [5.74, 6) is 0.242. The first-order valence-electron chi connectivity index (χ1n) is 8.04. The van der Waals surface area contributed by atoms with Crippen molar-refractivity contribution in [2.24, 2.45) is 11.3 Å². The molecule has 2 aliphatic rings. The van der Waals surface area contributed by atoms with Crippen LogP contribution in [0.5, 0.6) is 0 Å². The van der Waals surface area contributed by atoms with Crippen molar-refractivity contribution in [1.29, 1.82) is 0 Å². The Morgan fingerprint density at radius 1 is 1.30 bits per heavy atom. The van der Waals surface area contributed by atoms with Crippen molar-refractivity contribution in [3.8, 4) is 0 Å². The summed E-state index contributed by atoms with van der Waals surface area (Å²) in [6.45, 7) is 8.46. The Morgan fingerprint density at radius 3 is 2.48 bits per heavy atom. The number of hydrogen-bond acceptors (Lipinski definition) is 4. The van der Waals surface area contributed by atoms with Crippen LogP contribution in [-0.2, 0) is 4.79 Å². The number of rotatable bonds is 3. The van der Waals surface area contributed by atoms with E-state index in [4.69, 9.17) is 5.11 Å². The van der Waals surface area contributed by atoms with Gasteiger partial charge < -0.3 is 14.9 Å². The first kappa shape index (κ1) is 15.8. The SMILES string of the molecule is C[C@@H]1CN(C(=O)C2CC2(C)C)CCN1c1ccc(C(=O)O)cn1. The highest BCUT2D eigenvalue weighted by Gasteiger charge is 2.52. The van der Waals surface area contributed by atoms with Gasteiger partial charge in [0.25, 0.3) is 0 Å². The van der Waals surface area contributed by atoms with Crippen LogP contribution in [0.3, 0.4) is 0 Å². The van der Waals surface area contributed by atoms with E-state index in [0.29, 0.717) is 13.1 Å². The Kier molecular flexibility index (Phi) is 3.78. The highest BCUT2D eigenvalue weighted by molar-refractivity contribution is 5.87. The smallest absolute Gasteiger partial charge is 0.337 e. The molecule has 6 nitrogen and oxygen atoms in total. The molecular weight excluding hydrogens is 294 g/mol. The molecule has 2 fully saturated rings. The second-order valence-corrected chi connectivity index (χ2v) is 7.28. The van der Waals surface area contributed by atoms with Crippen molar-refractivity contribution in [3.05, 3.63) is 23.9 Å². The first-order chi connectivity index (χ1) is 10.8. The van der Waals surface area contributed by atoms with Crippen molar-refractivity contribution in [2.75, 3.05) is 24.5 Å². The zero-order valence-electron chi connectivity index (χ0n) is 13.8. The molecule has 3 rings (SSSR count). The van der Waals surface area contributed by atoms with Gasteiger partial charge >= 0.3 is 5.97 Å². The van der Waals surface area contributed by atoms with Crippen molar-refractivity contribution >= 4 is 17.7 Å². The van der Waals surface area contributed by atoms with Crippen LogP contribution in [0, 0.1) is 11.3 Å². The third-order valence-electron chi connectivity index (χ3n) is 5.04. The molecule has 124 valence electrons. The van der Waals surface area contributed by atoms with Crippen LogP contribution in [0.25, 0.3) is 0 Å². The van der Waals surface area contributed by atoms with Crippen molar-refractivity contribution < 1.29 is 14.7 Å². The average molecular weight is 317 g/mol. The van der Waals surface area contributed by atoms with Crippen LogP contribution < -0.4 is 4.90 Å². The fourth-order valence-electron chi connectivity index (χ4n) is 3.29. The van der Waals surface area contributed by atoms with Gasteiger partial charge in [-0.05, 0) is 30.9 Å². The number of hydrogen-bond donors (Lipinski definition) is 1. The van der Waals surface area contributed by atoms with E-state index in [2.05, 4.69) is 30.7 Å². The number of amides is 1. The zero-order valence-corrected chi connectivity index (χ0v) is 13.8. The first-order valence-corrected chi connectivity index (χ1v) is 8.04. The van der Waals surface area contributed by atoms with E-state index in [9.17, 15) is 9.59 Å². The van der Waals surface area contributed by atoms with E-state index in [-0.39, 0.29) is 28.8 Å². The van der Waals surface area contributed by atoms with Crippen LogP contribution in [0.4, 0.5) is 5.82 Å². The maximum Gasteiger partial charge on any atom is 0.337 e. The summed E-state index contributed by atoms with van der Waals surface area (Å²) in [5, 5.41) is 8.94. The molecule has 1 saturated carbocycles. The van der Waals surface area contributed by atoms with Gasteiger partial charge in [0, 0.05) is 37.8 Å². The molecule has 0 spiro atoms. The molecule has 1 aromatic heterocycles. The molecule has 1 aliphatic heterocycles. The van der Waals surface area contributed by atoms with Crippen LogP contribution in [0.1, 0.15) is 37.6 Å². The van der Waals surface area contributed by atoms with E-state index in [0.717, 1.165) is 18.8 Å². The largest absolute Gasteiger partial charge is 0.478 e. The van der Waals surface area contributed by atoms with Crippen LogP contribution in [0.2, 0.25) is 0 Å². The molecular formula is C17H23N3O3. The molecule has 0 aromatic carbocycles. The molecule has 1 unspecified atom stereocenters. The van der Waals surface area contributed by atoms with Gasteiger partial charge in [-0.2, -0.15) is 0 Å². The van der Waals surface area contributed by atoms with Gasteiger partial charge in [0.15, 0.2) is 0 Å². The van der Waals surface area contributed by atoms with Gasteiger partial charge in [0.2, 0.25) is 5.91 Å².